The van der Waals surface area contributed by atoms with Crippen LogP contribution >= 0.6 is 0 Å². The standard InChI is InChI=1S/C25H27NO8/c1-24(2,3)33-22(29)26-17-11-9-8-10-14(17)19-16(13-27)15(21(28)31-7)12-18(20(19)26)32-23(30)34-25(4,5)6/h8-13H,1-7H3. The van der Waals surface area contributed by atoms with Crippen molar-refractivity contribution in [3.63, 3.8) is 0 Å². The summed E-state index contributed by atoms with van der Waals surface area (Å²) in [4.78, 5) is 50.5. The molecule has 0 spiro atoms. The molecule has 1 heterocycles. The molecule has 0 saturated carbocycles. The zero-order chi connectivity index (χ0) is 25.4. The molecule has 2 aromatic carbocycles. The first-order valence-electron chi connectivity index (χ1n) is 10.5. The lowest BCUT2D eigenvalue weighted by Gasteiger charge is -2.21. The Balaban J connectivity index is 2.45. The molecular weight excluding hydrogens is 442 g/mol. The van der Waals surface area contributed by atoms with Crippen LogP contribution in [-0.2, 0) is 14.2 Å². The molecule has 0 atom stereocenters. The topological polar surface area (TPSA) is 110 Å². The lowest BCUT2D eigenvalue weighted by Crippen LogP contribution is -2.28. The average Bonchev–Trinajstić information content (AvgIpc) is 3.06. The molecule has 0 fully saturated rings. The van der Waals surface area contributed by atoms with Crippen molar-refractivity contribution in [3.8, 4) is 5.75 Å². The number of carbonyl (C=O) groups is 4. The Kier molecular flexibility index (Phi) is 6.42. The van der Waals surface area contributed by atoms with Gasteiger partial charge in [-0.3, -0.25) is 4.79 Å². The molecule has 0 aliphatic heterocycles. The van der Waals surface area contributed by atoms with E-state index in [0.717, 1.165) is 0 Å². The van der Waals surface area contributed by atoms with E-state index < -0.39 is 29.4 Å². The van der Waals surface area contributed by atoms with Crippen molar-refractivity contribution >= 4 is 46.3 Å². The number of nitrogens with zero attached hydrogens (tertiary/aromatic N) is 1. The maximum absolute atomic E-state index is 13.3. The predicted octanol–water partition coefficient (Wildman–Crippen LogP) is 5.49. The van der Waals surface area contributed by atoms with Crippen LogP contribution < -0.4 is 4.74 Å². The van der Waals surface area contributed by atoms with Gasteiger partial charge >= 0.3 is 18.2 Å². The lowest BCUT2D eigenvalue weighted by atomic mass is 10.0. The van der Waals surface area contributed by atoms with Crippen LogP contribution in [0.15, 0.2) is 30.3 Å². The van der Waals surface area contributed by atoms with E-state index in [1.54, 1.807) is 65.8 Å². The van der Waals surface area contributed by atoms with E-state index >= 15 is 0 Å². The minimum Gasteiger partial charge on any atom is -0.465 e. The second-order valence-electron chi connectivity index (χ2n) is 9.57. The maximum atomic E-state index is 13.3. The minimum absolute atomic E-state index is 0.0168. The van der Waals surface area contributed by atoms with Crippen LogP contribution in [0, 0.1) is 0 Å². The molecule has 0 saturated heterocycles. The number of aldehydes is 1. The minimum atomic E-state index is -1.05. The number of para-hydroxylation sites is 1. The molecule has 1 aromatic heterocycles. The van der Waals surface area contributed by atoms with Gasteiger partial charge in [-0.15, -0.1) is 0 Å². The number of esters is 1. The molecule has 0 radical (unpaired) electrons. The number of rotatable bonds is 3. The SMILES string of the molecule is COC(=O)c1cc(OC(=O)OC(C)(C)C)c2c(c1C=O)c1ccccc1n2C(=O)OC(C)(C)C. The van der Waals surface area contributed by atoms with Crippen LogP contribution in [0.1, 0.15) is 62.3 Å². The Morgan fingerprint density at radius 2 is 1.56 bits per heavy atom. The zero-order valence-electron chi connectivity index (χ0n) is 20.2. The third-order valence-corrected chi connectivity index (χ3v) is 4.63. The molecule has 180 valence electrons. The molecule has 3 rings (SSSR count). The largest absolute Gasteiger partial charge is 0.514 e. The van der Waals surface area contributed by atoms with Crippen molar-refractivity contribution in [3.05, 3.63) is 41.5 Å². The quantitative estimate of drug-likeness (QED) is 0.214. The molecule has 0 unspecified atom stereocenters. The fraction of sp³-hybridized carbons (Fsp3) is 0.360. The molecule has 3 aromatic rings. The smallest absolute Gasteiger partial charge is 0.465 e. The van der Waals surface area contributed by atoms with Crippen LogP contribution in [0.3, 0.4) is 0 Å². The Morgan fingerprint density at radius 1 is 0.941 bits per heavy atom. The lowest BCUT2D eigenvalue weighted by molar-refractivity contribution is 0.0205. The number of benzene rings is 2. The molecule has 0 amide bonds. The average molecular weight is 469 g/mol. The summed E-state index contributed by atoms with van der Waals surface area (Å²) >= 11 is 0. The fourth-order valence-electron chi connectivity index (χ4n) is 3.49. The number of methoxy groups -OCH3 is 1. The molecule has 34 heavy (non-hydrogen) atoms. The summed E-state index contributed by atoms with van der Waals surface area (Å²) in [5.74, 6) is -0.982. The summed E-state index contributed by atoms with van der Waals surface area (Å²) in [5.41, 5.74) is -1.36. The predicted molar refractivity (Wildman–Crippen MR) is 125 cm³/mol. The van der Waals surface area contributed by atoms with E-state index in [0.29, 0.717) is 17.2 Å². The van der Waals surface area contributed by atoms with Gasteiger partial charge in [-0.25, -0.2) is 19.0 Å². The van der Waals surface area contributed by atoms with Gasteiger partial charge < -0.3 is 18.9 Å². The highest BCUT2D eigenvalue weighted by atomic mass is 16.7. The van der Waals surface area contributed by atoms with Crippen LogP contribution in [-0.4, -0.2) is 47.4 Å². The zero-order valence-corrected chi connectivity index (χ0v) is 20.2. The maximum Gasteiger partial charge on any atom is 0.514 e. The third-order valence-electron chi connectivity index (χ3n) is 4.63. The molecule has 0 aliphatic carbocycles. The highest BCUT2D eigenvalue weighted by molar-refractivity contribution is 6.22. The van der Waals surface area contributed by atoms with Gasteiger partial charge in [0.25, 0.3) is 0 Å². The first kappa shape index (κ1) is 24.8. The summed E-state index contributed by atoms with van der Waals surface area (Å²) < 4.78 is 22.4. The van der Waals surface area contributed by atoms with Crippen molar-refractivity contribution in [1.82, 2.24) is 4.57 Å². The van der Waals surface area contributed by atoms with E-state index in [1.807, 2.05) is 0 Å². The van der Waals surface area contributed by atoms with E-state index in [4.69, 9.17) is 18.9 Å². The van der Waals surface area contributed by atoms with Gasteiger partial charge in [0.15, 0.2) is 12.0 Å². The Hall–Kier alpha value is -3.88. The van der Waals surface area contributed by atoms with E-state index in [1.165, 1.54) is 17.7 Å². The van der Waals surface area contributed by atoms with Crippen LogP contribution in [0.4, 0.5) is 9.59 Å². The van der Waals surface area contributed by atoms with Gasteiger partial charge in [0.2, 0.25) is 0 Å². The highest BCUT2D eigenvalue weighted by Crippen LogP contribution is 2.39. The monoisotopic (exact) mass is 469 g/mol. The number of hydrogen-bond donors (Lipinski definition) is 0. The Bertz CT molecular complexity index is 1300. The number of carbonyl (C=O) groups excluding carboxylic acids is 4. The molecule has 0 aliphatic rings. The molecule has 0 bridgehead atoms. The van der Waals surface area contributed by atoms with Crippen LogP contribution in [0.2, 0.25) is 0 Å². The van der Waals surface area contributed by atoms with Crippen molar-refractivity contribution in [2.75, 3.05) is 7.11 Å². The first-order valence-corrected chi connectivity index (χ1v) is 10.5. The van der Waals surface area contributed by atoms with Crippen LogP contribution in [0.25, 0.3) is 21.8 Å². The second kappa shape index (κ2) is 8.81. The van der Waals surface area contributed by atoms with Gasteiger partial charge in [-0.05, 0) is 53.7 Å². The van der Waals surface area contributed by atoms with Crippen molar-refractivity contribution in [1.29, 1.82) is 0 Å². The highest BCUT2D eigenvalue weighted by Gasteiger charge is 2.30. The number of hydrogen-bond acceptors (Lipinski definition) is 8. The molecule has 9 nitrogen and oxygen atoms in total. The molecule has 9 heteroatoms. The van der Waals surface area contributed by atoms with E-state index in [2.05, 4.69) is 0 Å². The summed E-state index contributed by atoms with van der Waals surface area (Å²) in [7, 11) is 1.17. The molecule has 0 N–H and O–H groups in total. The summed E-state index contributed by atoms with van der Waals surface area (Å²) in [6, 6.07) is 7.95. The molecular formula is C25H27NO8. The van der Waals surface area contributed by atoms with Crippen molar-refractivity contribution in [2.24, 2.45) is 0 Å². The third kappa shape index (κ3) is 4.88. The van der Waals surface area contributed by atoms with Gasteiger partial charge in [-0.1, -0.05) is 18.2 Å². The normalized spacial score (nSPS) is 11.9. The Morgan fingerprint density at radius 3 is 2.12 bits per heavy atom. The summed E-state index contributed by atoms with van der Waals surface area (Å²) in [5, 5.41) is 0.711. The summed E-state index contributed by atoms with van der Waals surface area (Å²) in [6.45, 7) is 10.1. The van der Waals surface area contributed by atoms with E-state index in [-0.39, 0.29) is 27.8 Å². The van der Waals surface area contributed by atoms with Gasteiger partial charge in [0.1, 0.15) is 16.7 Å². The Labute approximate surface area is 196 Å². The van der Waals surface area contributed by atoms with Crippen molar-refractivity contribution < 1.29 is 38.1 Å². The number of fused-ring (bicyclic) bond motifs is 3. The van der Waals surface area contributed by atoms with E-state index in [9.17, 15) is 19.2 Å². The first-order chi connectivity index (χ1) is 15.8. The number of ether oxygens (including phenoxy) is 4. The van der Waals surface area contributed by atoms with Gasteiger partial charge in [-0.2, -0.15) is 0 Å². The van der Waals surface area contributed by atoms with Crippen LogP contribution in [0.5, 0.6) is 5.75 Å². The summed E-state index contributed by atoms with van der Waals surface area (Å²) in [6.07, 6.45) is -1.31. The number of aromatic nitrogens is 1. The van der Waals surface area contributed by atoms with Gasteiger partial charge in [0.05, 0.1) is 18.2 Å². The second-order valence-corrected chi connectivity index (χ2v) is 9.57. The fourth-order valence-corrected chi connectivity index (χ4v) is 3.49. The van der Waals surface area contributed by atoms with Crippen molar-refractivity contribution in [2.45, 2.75) is 52.7 Å². The van der Waals surface area contributed by atoms with Gasteiger partial charge in [0, 0.05) is 16.3 Å².